The summed E-state index contributed by atoms with van der Waals surface area (Å²) in [7, 11) is 0. The Morgan fingerprint density at radius 1 is 1.30 bits per heavy atom. The van der Waals surface area contributed by atoms with Gasteiger partial charge in [-0.1, -0.05) is 24.6 Å². The highest BCUT2D eigenvalue weighted by atomic mass is 35.5. The molecule has 0 radical (unpaired) electrons. The molecule has 1 aromatic carbocycles. The minimum Gasteiger partial charge on any atom is -0.376 e. The van der Waals surface area contributed by atoms with E-state index < -0.39 is 0 Å². The molecule has 2 unspecified atom stereocenters. The maximum absolute atomic E-state index is 6.23. The van der Waals surface area contributed by atoms with Crippen LogP contribution in [0, 0.1) is 13.8 Å². The van der Waals surface area contributed by atoms with Crippen molar-refractivity contribution in [3.8, 4) is 0 Å². The number of benzene rings is 1. The number of ether oxygens (including phenoxy) is 1. The van der Waals surface area contributed by atoms with Crippen molar-refractivity contribution in [3.63, 3.8) is 0 Å². The Balaban J connectivity index is 2.27. The topological polar surface area (TPSA) is 21.3 Å². The summed E-state index contributed by atoms with van der Waals surface area (Å²) in [5, 5.41) is 4.53. The fourth-order valence-electron chi connectivity index (χ4n) is 2.91. The molecule has 0 aromatic heterocycles. The highest BCUT2D eigenvalue weighted by Gasteiger charge is 2.26. The van der Waals surface area contributed by atoms with Gasteiger partial charge in [-0.2, -0.15) is 0 Å². The van der Waals surface area contributed by atoms with E-state index in [1.54, 1.807) is 0 Å². The number of aryl methyl sites for hydroxylation is 2. The van der Waals surface area contributed by atoms with E-state index in [1.807, 2.05) is 0 Å². The Kier molecular flexibility index (Phi) is 5.88. The zero-order valence-corrected chi connectivity index (χ0v) is 13.6. The van der Waals surface area contributed by atoms with E-state index in [0.29, 0.717) is 0 Å². The standard InChI is InChI=1S/C17H26ClNO/c1-4-8-19-17(16-7-5-6-9-20-16)14-10-13(3)15(18)11-12(14)2/h10-11,16-17,19H,4-9H2,1-3H3. The molecule has 2 rings (SSSR count). The van der Waals surface area contributed by atoms with Crippen molar-refractivity contribution in [1.29, 1.82) is 0 Å². The monoisotopic (exact) mass is 295 g/mol. The van der Waals surface area contributed by atoms with Gasteiger partial charge in [0.2, 0.25) is 0 Å². The lowest BCUT2D eigenvalue weighted by Crippen LogP contribution is -2.36. The van der Waals surface area contributed by atoms with E-state index in [4.69, 9.17) is 16.3 Å². The molecule has 1 aliphatic heterocycles. The maximum atomic E-state index is 6.23. The summed E-state index contributed by atoms with van der Waals surface area (Å²) < 4.78 is 6.02. The van der Waals surface area contributed by atoms with Crippen LogP contribution in [0.15, 0.2) is 12.1 Å². The van der Waals surface area contributed by atoms with Crippen LogP contribution in [0.1, 0.15) is 55.3 Å². The number of rotatable bonds is 5. The molecule has 0 spiro atoms. The van der Waals surface area contributed by atoms with Gasteiger partial charge in [0.25, 0.3) is 0 Å². The molecule has 1 saturated heterocycles. The van der Waals surface area contributed by atoms with Gasteiger partial charge in [0.05, 0.1) is 12.1 Å². The molecule has 1 aromatic rings. The molecule has 1 fully saturated rings. The van der Waals surface area contributed by atoms with Crippen LogP contribution in [-0.4, -0.2) is 19.3 Å². The Morgan fingerprint density at radius 3 is 2.75 bits per heavy atom. The van der Waals surface area contributed by atoms with Gasteiger partial charge in [-0.15, -0.1) is 0 Å². The van der Waals surface area contributed by atoms with Gasteiger partial charge in [-0.05, 0) is 68.8 Å². The van der Waals surface area contributed by atoms with Crippen LogP contribution >= 0.6 is 11.6 Å². The summed E-state index contributed by atoms with van der Waals surface area (Å²) in [6.45, 7) is 8.33. The Bertz CT molecular complexity index is 441. The first-order valence-corrected chi connectivity index (χ1v) is 8.13. The minimum atomic E-state index is 0.284. The lowest BCUT2D eigenvalue weighted by Gasteiger charge is -2.32. The predicted octanol–water partition coefficient (Wildman–Crippen LogP) is 4.57. The lowest BCUT2D eigenvalue weighted by molar-refractivity contribution is -0.00829. The summed E-state index contributed by atoms with van der Waals surface area (Å²) >= 11 is 6.23. The number of halogens is 1. The van der Waals surface area contributed by atoms with E-state index in [-0.39, 0.29) is 12.1 Å². The molecule has 0 bridgehead atoms. The van der Waals surface area contributed by atoms with Crippen LogP contribution in [0.25, 0.3) is 0 Å². The number of hydrogen-bond acceptors (Lipinski definition) is 2. The smallest absolute Gasteiger partial charge is 0.0769 e. The van der Waals surface area contributed by atoms with Crippen LogP contribution < -0.4 is 5.32 Å². The highest BCUT2D eigenvalue weighted by molar-refractivity contribution is 6.31. The molecule has 112 valence electrons. The largest absolute Gasteiger partial charge is 0.376 e. The van der Waals surface area contributed by atoms with E-state index in [0.717, 1.165) is 36.6 Å². The van der Waals surface area contributed by atoms with Gasteiger partial charge >= 0.3 is 0 Å². The molecule has 1 aliphatic rings. The van der Waals surface area contributed by atoms with Crippen LogP contribution in [-0.2, 0) is 4.74 Å². The Labute approximate surface area is 127 Å². The van der Waals surface area contributed by atoms with Gasteiger partial charge in [0.15, 0.2) is 0 Å². The van der Waals surface area contributed by atoms with Gasteiger partial charge in [0, 0.05) is 11.6 Å². The van der Waals surface area contributed by atoms with Crippen molar-refractivity contribution in [2.24, 2.45) is 0 Å². The van der Waals surface area contributed by atoms with Crippen molar-refractivity contribution in [1.82, 2.24) is 5.32 Å². The predicted molar refractivity (Wildman–Crippen MR) is 85.6 cm³/mol. The SMILES string of the molecule is CCCNC(c1cc(C)c(Cl)cc1C)C1CCCCO1. The van der Waals surface area contributed by atoms with E-state index in [2.05, 4.69) is 38.2 Å². The molecule has 20 heavy (non-hydrogen) atoms. The Morgan fingerprint density at radius 2 is 2.10 bits per heavy atom. The van der Waals surface area contributed by atoms with Crippen LogP contribution in [0.4, 0.5) is 0 Å². The molecular formula is C17H26ClNO. The zero-order chi connectivity index (χ0) is 14.5. The van der Waals surface area contributed by atoms with E-state index in [9.17, 15) is 0 Å². The van der Waals surface area contributed by atoms with Crippen LogP contribution in [0.2, 0.25) is 5.02 Å². The lowest BCUT2D eigenvalue weighted by atomic mass is 9.91. The molecule has 3 heteroatoms. The minimum absolute atomic E-state index is 0.284. The van der Waals surface area contributed by atoms with E-state index in [1.165, 1.54) is 24.0 Å². The second-order valence-corrected chi connectivity index (χ2v) is 6.20. The van der Waals surface area contributed by atoms with Gasteiger partial charge in [-0.25, -0.2) is 0 Å². The third-order valence-corrected chi connectivity index (χ3v) is 4.49. The average molecular weight is 296 g/mol. The molecule has 0 aliphatic carbocycles. The van der Waals surface area contributed by atoms with Crippen molar-refractivity contribution in [2.75, 3.05) is 13.2 Å². The highest BCUT2D eigenvalue weighted by Crippen LogP contribution is 2.31. The van der Waals surface area contributed by atoms with E-state index >= 15 is 0 Å². The normalized spacial score (nSPS) is 20.9. The summed E-state index contributed by atoms with van der Waals surface area (Å²) in [4.78, 5) is 0. The quantitative estimate of drug-likeness (QED) is 0.859. The van der Waals surface area contributed by atoms with Crippen molar-refractivity contribution >= 4 is 11.6 Å². The van der Waals surface area contributed by atoms with Gasteiger partial charge < -0.3 is 10.1 Å². The third kappa shape index (κ3) is 3.75. The zero-order valence-electron chi connectivity index (χ0n) is 12.8. The summed E-state index contributed by atoms with van der Waals surface area (Å²) in [5.74, 6) is 0. The summed E-state index contributed by atoms with van der Waals surface area (Å²) in [6, 6.07) is 4.59. The fraction of sp³-hybridized carbons (Fsp3) is 0.647. The third-order valence-electron chi connectivity index (χ3n) is 4.08. The van der Waals surface area contributed by atoms with Crippen LogP contribution in [0.5, 0.6) is 0 Å². The average Bonchev–Trinajstić information content (AvgIpc) is 2.45. The molecule has 1 N–H and O–H groups in total. The molecule has 1 heterocycles. The first kappa shape index (κ1) is 15.8. The Hall–Kier alpha value is -0.570. The molecule has 0 amide bonds. The fourth-order valence-corrected chi connectivity index (χ4v) is 3.13. The molecular weight excluding hydrogens is 270 g/mol. The second-order valence-electron chi connectivity index (χ2n) is 5.79. The first-order valence-electron chi connectivity index (χ1n) is 7.75. The molecule has 2 atom stereocenters. The van der Waals surface area contributed by atoms with Gasteiger partial charge in [0.1, 0.15) is 0 Å². The number of hydrogen-bond donors (Lipinski definition) is 1. The van der Waals surface area contributed by atoms with Crippen molar-refractivity contribution < 1.29 is 4.74 Å². The number of nitrogens with one attached hydrogen (secondary N) is 1. The maximum Gasteiger partial charge on any atom is 0.0769 e. The molecule has 0 saturated carbocycles. The van der Waals surface area contributed by atoms with Crippen LogP contribution in [0.3, 0.4) is 0 Å². The summed E-state index contributed by atoms with van der Waals surface area (Å²) in [5.41, 5.74) is 3.74. The molecule has 2 nitrogen and oxygen atoms in total. The summed E-state index contributed by atoms with van der Waals surface area (Å²) in [6.07, 6.45) is 5.02. The van der Waals surface area contributed by atoms with Crippen molar-refractivity contribution in [2.45, 2.75) is 58.6 Å². The second kappa shape index (κ2) is 7.44. The van der Waals surface area contributed by atoms with Crippen molar-refractivity contribution in [3.05, 3.63) is 33.8 Å². The first-order chi connectivity index (χ1) is 9.63. The van der Waals surface area contributed by atoms with Gasteiger partial charge in [-0.3, -0.25) is 0 Å².